The molecular weight excluding hydrogens is 288 g/mol. The highest BCUT2D eigenvalue weighted by atomic mass is 16.1. The van der Waals surface area contributed by atoms with Crippen LogP contribution in [-0.2, 0) is 4.79 Å². The maximum absolute atomic E-state index is 12.3. The van der Waals surface area contributed by atoms with E-state index < -0.39 is 0 Å². The van der Waals surface area contributed by atoms with Gasteiger partial charge in [0.1, 0.15) is 0 Å². The fraction of sp³-hybridized carbons (Fsp3) is 0.111. The average molecular weight is 304 g/mol. The minimum absolute atomic E-state index is 0.0890. The van der Waals surface area contributed by atoms with Gasteiger partial charge >= 0.3 is 0 Å². The maximum Gasteiger partial charge on any atom is 0.231 e. The van der Waals surface area contributed by atoms with E-state index in [-0.39, 0.29) is 11.8 Å². The molecule has 0 aliphatic rings. The number of benzene rings is 1. The van der Waals surface area contributed by atoms with Gasteiger partial charge in [-0.2, -0.15) is 0 Å². The SMILES string of the molecule is CC(C(=O)Nc1cnc(-c2cccnc2)nc1)c1ccccc1. The van der Waals surface area contributed by atoms with Crippen molar-refractivity contribution in [2.24, 2.45) is 0 Å². The van der Waals surface area contributed by atoms with E-state index in [2.05, 4.69) is 20.3 Å². The highest BCUT2D eigenvalue weighted by molar-refractivity contribution is 5.95. The lowest BCUT2D eigenvalue weighted by Gasteiger charge is -2.12. The summed E-state index contributed by atoms with van der Waals surface area (Å²) in [5.41, 5.74) is 2.38. The molecule has 5 heteroatoms. The van der Waals surface area contributed by atoms with Crippen LogP contribution in [0.4, 0.5) is 5.69 Å². The van der Waals surface area contributed by atoms with Crippen molar-refractivity contribution in [3.63, 3.8) is 0 Å². The molecule has 0 saturated carbocycles. The Morgan fingerprint density at radius 3 is 2.39 bits per heavy atom. The number of nitrogens with one attached hydrogen (secondary N) is 1. The lowest BCUT2D eigenvalue weighted by atomic mass is 10.0. The average Bonchev–Trinajstić information content (AvgIpc) is 2.63. The van der Waals surface area contributed by atoms with Gasteiger partial charge in [0.15, 0.2) is 5.82 Å². The van der Waals surface area contributed by atoms with E-state index in [1.807, 2.05) is 49.4 Å². The summed E-state index contributed by atoms with van der Waals surface area (Å²) in [4.78, 5) is 24.9. The standard InChI is InChI=1S/C18H16N4O/c1-13(14-6-3-2-4-7-14)18(23)22-16-11-20-17(21-12-16)15-8-5-9-19-10-15/h2-13H,1H3,(H,22,23). The smallest absolute Gasteiger partial charge is 0.231 e. The van der Waals surface area contributed by atoms with Crippen LogP contribution in [0.25, 0.3) is 11.4 Å². The van der Waals surface area contributed by atoms with Gasteiger partial charge in [-0.25, -0.2) is 9.97 Å². The van der Waals surface area contributed by atoms with E-state index in [4.69, 9.17) is 0 Å². The zero-order valence-corrected chi connectivity index (χ0v) is 12.7. The van der Waals surface area contributed by atoms with Gasteiger partial charge in [-0.05, 0) is 24.6 Å². The van der Waals surface area contributed by atoms with Crippen LogP contribution in [0, 0.1) is 0 Å². The monoisotopic (exact) mass is 304 g/mol. The Kier molecular flexibility index (Phi) is 4.38. The number of nitrogens with zero attached hydrogens (tertiary/aromatic N) is 3. The van der Waals surface area contributed by atoms with Crippen molar-refractivity contribution in [1.29, 1.82) is 0 Å². The molecule has 0 saturated heterocycles. The van der Waals surface area contributed by atoms with Crippen molar-refractivity contribution in [3.8, 4) is 11.4 Å². The Hall–Kier alpha value is -3.08. The molecule has 2 heterocycles. The van der Waals surface area contributed by atoms with E-state index >= 15 is 0 Å². The molecule has 23 heavy (non-hydrogen) atoms. The minimum Gasteiger partial charge on any atom is -0.323 e. The van der Waals surface area contributed by atoms with Gasteiger partial charge in [0.2, 0.25) is 5.91 Å². The van der Waals surface area contributed by atoms with E-state index in [0.717, 1.165) is 11.1 Å². The summed E-state index contributed by atoms with van der Waals surface area (Å²) in [6.45, 7) is 1.87. The highest BCUT2D eigenvalue weighted by Crippen LogP contribution is 2.18. The normalized spacial score (nSPS) is 11.7. The molecule has 0 radical (unpaired) electrons. The molecule has 5 nitrogen and oxygen atoms in total. The Labute approximate surface area is 134 Å². The lowest BCUT2D eigenvalue weighted by Crippen LogP contribution is -2.19. The third-order valence-corrected chi connectivity index (χ3v) is 3.53. The molecule has 0 aliphatic heterocycles. The zero-order chi connectivity index (χ0) is 16.1. The molecule has 114 valence electrons. The molecular formula is C18H16N4O. The topological polar surface area (TPSA) is 67.8 Å². The summed E-state index contributed by atoms with van der Waals surface area (Å²) in [6.07, 6.45) is 6.60. The molecule has 1 unspecified atom stereocenters. The molecule has 3 rings (SSSR count). The first-order chi connectivity index (χ1) is 11.2. The van der Waals surface area contributed by atoms with Crippen molar-refractivity contribution in [2.75, 3.05) is 5.32 Å². The van der Waals surface area contributed by atoms with Gasteiger partial charge in [0.05, 0.1) is 24.0 Å². The summed E-state index contributed by atoms with van der Waals surface area (Å²) in [6, 6.07) is 13.4. The van der Waals surface area contributed by atoms with Crippen molar-refractivity contribution in [3.05, 3.63) is 72.8 Å². The molecule has 1 atom stereocenters. The summed E-state index contributed by atoms with van der Waals surface area (Å²) in [5.74, 6) is 0.246. The number of aromatic nitrogens is 3. The van der Waals surface area contributed by atoms with Gasteiger partial charge in [-0.3, -0.25) is 9.78 Å². The number of anilines is 1. The second kappa shape index (κ2) is 6.79. The van der Waals surface area contributed by atoms with E-state index in [9.17, 15) is 4.79 Å². The number of hydrogen-bond acceptors (Lipinski definition) is 4. The van der Waals surface area contributed by atoms with Gasteiger partial charge in [0.25, 0.3) is 0 Å². The van der Waals surface area contributed by atoms with Gasteiger partial charge < -0.3 is 5.32 Å². The summed E-state index contributed by atoms with van der Waals surface area (Å²) in [7, 11) is 0. The van der Waals surface area contributed by atoms with Crippen molar-refractivity contribution < 1.29 is 4.79 Å². The number of carbonyl (C=O) groups excluding carboxylic acids is 1. The first-order valence-electron chi connectivity index (χ1n) is 7.32. The predicted octanol–water partition coefficient (Wildman–Crippen LogP) is 3.28. The van der Waals surface area contributed by atoms with Crippen LogP contribution < -0.4 is 5.32 Å². The molecule has 1 aromatic carbocycles. The molecule has 2 aromatic heterocycles. The first kappa shape index (κ1) is 14.8. The fourth-order valence-electron chi connectivity index (χ4n) is 2.18. The Bertz CT molecular complexity index is 773. The second-order valence-corrected chi connectivity index (χ2v) is 5.16. The molecule has 0 bridgehead atoms. The number of hydrogen-bond donors (Lipinski definition) is 1. The minimum atomic E-state index is -0.241. The van der Waals surface area contributed by atoms with E-state index in [1.54, 1.807) is 24.8 Å². The number of rotatable bonds is 4. The van der Waals surface area contributed by atoms with Crippen LogP contribution in [0.2, 0.25) is 0 Å². The van der Waals surface area contributed by atoms with Crippen LogP contribution in [0.5, 0.6) is 0 Å². The van der Waals surface area contributed by atoms with Crippen LogP contribution in [0.15, 0.2) is 67.3 Å². The molecule has 3 aromatic rings. The van der Waals surface area contributed by atoms with Crippen molar-refractivity contribution >= 4 is 11.6 Å². The highest BCUT2D eigenvalue weighted by Gasteiger charge is 2.15. The maximum atomic E-state index is 12.3. The van der Waals surface area contributed by atoms with Crippen LogP contribution >= 0.6 is 0 Å². The molecule has 0 aliphatic carbocycles. The third-order valence-electron chi connectivity index (χ3n) is 3.53. The Morgan fingerprint density at radius 1 is 1.00 bits per heavy atom. The Morgan fingerprint density at radius 2 is 1.74 bits per heavy atom. The first-order valence-corrected chi connectivity index (χ1v) is 7.32. The number of carbonyl (C=O) groups is 1. The van der Waals surface area contributed by atoms with E-state index in [1.165, 1.54) is 0 Å². The zero-order valence-electron chi connectivity index (χ0n) is 12.7. The quantitative estimate of drug-likeness (QED) is 0.803. The van der Waals surface area contributed by atoms with Crippen LogP contribution in [-0.4, -0.2) is 20.9 Å². The second-order valence-electron chi connectivity index (χ2n) is 5.16. The van der Waals surface area contributed by atoms with Gasteiger partial charge in [-0.15, -0.1) is 0 Å². The molecule has 0 spiro atoms. The molecule has 0 fully saturated rings. The van der Waals surface area contributed by atoms with Crippen molar-refractivity contribution in [2.45, 2.75) is 12.8 Å². The van der Waals surface area contributed by atoms with Crippen molar-refractivity contribution in [1.82, 2.24) is 15.0 Å². The Balaban J connectivity index is 1.70. The summed E-state index contributed by atoms with van der Waals surface area (Å²) < 4.78 is 0. The predicted molar refractivity (Wildman–Crippen MR) is 88.7 cm³/mol. The fourth-order valence-corrected chi connectivity index (χ4v) is 2.18. The third kappa shape index (κ3) is 3.58. The van der Waals surface area contributed by atoms with Crippen LogP contribution in [0.1, 0.15) is 18.4 Å². The van der Waals surface area contributed by atoms with Crippen LogP contribution in [0.3, 0.4) is 0 Å². The molecule has 1 amide bonds. The largest absolute Gasteiger partial charge is 0.323 e. The van der Waals surface area contributed by atoms with Gasteiger partial charge in [0, 0.05) is 18.0 Å². The number of amides is 1. The number of pyridine rings is 1. The lowest BCUT2D eigenvalue weighted by molar-refractivity contribution is -0.117. The van der Waals surface area contributed by atoms with Gasteiger partial charge in [-0.1, -0.05) is 30.3 Å². The summed E-state index contributed by atoms with van der Waals surface area (Å²) >= 11 is 0. The molecule has 1 N–H and O–H groups in total. The summed E-state index contributed by atoms with van der Waals surface area (Å²) in [5, 5.41) is 2.84. The van der Waals surface area contributed by atoms with E-state index in [0.29, 0.717) is 11.5 Å².